The van der Waals surface area contributed by atoms with Gasteiger partial charge in [-0.2, -0.15) is 0 Å². The predicted octanol–water partition coefficient (Wildman–Crippen LogP) is 4.43. The minimum atomic E-state index is 0.272. The largest absolute Gasteiger partial charge is 0.280 e. The second-order valence-corrected chi connectivity index (χ2v) is 5.46. The van der Waals surface area contributed by atoms with Gasteiger partial charge in [-0.05, 0) is 29.0 Å². The second-order valence-electron chi connectivity index (χ2n) is 5.46. The fourth-order valence-corrected chi connectivity index (χ4v) is 2.77. The number of hydrogen-bond acceptors (Lipinski definition) is 1. The minimum absolute atomic E-state index is 0.272. The van der Waals surface area contributed by atoms with Gasteiger partial charge in [-0.1, -0.05) is 68.4 Å². The van der Waals surface area contributed by atoms with Crippen molar-refractivity contribution >= 4 is 5.71 Å². The first-order valence-corrected chi connectivity index (χ1v) is 6.96. The monoisotopic (exact) mass is 249 g/mol. The Labute approximate surface area is 115 Å². The smallest absolute Gasteiger partial charge is 0.0793 e. The van der Waals surface area contributed by atoms with Crippen LogP contribution in [0.15, 0.2) is 59.6 Å². The van der Waals surface area contributed by atoms with Gasteiger partial charge in [0.25, 0.3) is 0 Å². The summed E-state index contributed by atoms with van der Waals surface area (Å²) in [5, 5.41) is 0. The molecule has 0 radical (unpaired) electrons. The first kappa shape index (κ1) is 12.2. The second kappa shape index (κ2) is 5.00. The Balaban J connectivity index is 2.06. The van der Waals surface area contributed by atoms with Crippen LogP contribution >= 0.6 is 0 Å². The Morgan fingerprint density at radius 1 is 0.947 bits per heavy atom. The van der Waals surface area contributed by atoms with E-state index in [-0.39, 0.29) is 6.04 Å². The summed E-state index contributed by atoms with van der Waals surface area (Å²) in [6.45, 7) is 4.45. The molecule has 19 heavy (non-hydrogen) atoms. The third-order valence-electron chi connectivity index (χ3n) is 3.73. The van der Waals surface area contributed by atoms with Gasteiger partial charge in [-0.25, -0.2) is 0 Å². The third-order valence-corrected chi connectivity index (χ3v) is 3.73. The summed E-state index contributed by atoms with van der Waals surface area (Å²) in [5.74, 6) is 0.465. The molecule has 0 bridgehead atoms. The summed E-state index contributed by atoms with van der Waals surface area (Å²) in [7, 11) is 0. The van der Waals surface area contributed by atoms with E-state index in [1.165, 1.54) is 22.4 Å². The minimum Gasteiger partial charge on any atom is -0.280 e. The molecule has 1 atom stereocenters. The molecule has 0 N–H and O–H groups in total. The van der Waals surface area contributed by atoms with Crippen LogP contribution in [0.2, 0.25) is 0 Å². The fraction of sp³-hybridized carbons (Fsp3) is 0.278. The van der Waals surface area contributed by atoms with Crippen LogP contribution < -0.4 is 0 Å². The molecule has 96 valence electrons. The Morgan fingerprint density at radius 3 is 2.37 bits per heavy atom. The molecule has 1 nitrogen and oxygen atoms in total. The molecule has 0 amide bonds. The Bertz CT molecular complexity index is 596. The van der Waals surface area contributed by atoms with Crippen LogP contribution in [0, 0.1) is 5.92 Å². The summed E-state index contributed by atoms with van der Waals surface area (Å²) in [5.41, 5.74) is 5.32. The number of hydrogen-bond donors (Lipinski definition) is 0. The van der Waals surface area contributed by atoms with Crippen molar-refractivity contribution in [2.75, 3.05) is 0 Å². The lowest BCUT2D eigenvalue weighted by Gasteiger charge is -2.25. The van der Waals surface area contributed by atoms with Crippen LogP contribution in [-0.2, 0) is 6.42 Å². The van der Waals surface area contributed by atoms with Crippen molar-refractivity contribution in [3.05, 3.63) is 71.3 Å². The maximum atomic E-state index is 5.01. The summed E-state index contributed by atoms with van der Waals surface area (Å²) >= 11 is 0. The molecule has 1 heterocycles. The predicted molar refractivity (Wildman–Crippen MR) is 80.7 cm³/mol. The van der Waals surface area contributed by atoms with E-state index >= 15 is 0 Å². The molecular weight excluding hydrogens is 230 g/mol. The Hall–Kier alpha value is -1.89. The normalized spacial score (nSPS) is 18.1. The maximum absolute atomic E-state index is 5.01. The number of rotatable bonds is 2. The lowest BCUT2D eigenvalue weighted by molar-refractivity contribution is 0.693. The molecule has 1 aliphatic rings. The van der Waals surface area contributed by atoms with E-state index in [4.69, 9.17) is 4.99 Å². The van der Waals surface area contributed by atoms with E-state index in [2.05, 4.69) is 68.4 Å². The molecule has 2 aromatic rings. The Kier molecular flexibility index (Phi) is 3.20. The van der Waals surface area contributed by atoms with E-state index in [9.17, 15) is 0 Å². The van der Waals surface area contributed by atoms with Crippen molar-refractivity contribution in [2.24, 2.45) is 10.9 Å². The van der Waals surface area contributed by atoms with Gasteiger partial charge in [0.05, 0.1) is 6.04 Å². The van der Waals surface area contributed by atoms with E-state index in [0.717, 1.165) is 6.42 Å². The molecule has 1 unspecified atom stereocenters. The van der Waals surface area contributed by atoms with Crippen molar-refractivity contribution in [1.82, 2.24) is 0 Å². The average Bonchev–Trinajstić information content (AvgIpc) is 2.47. The number of benzene rings is 2. The highest BCUT2D eigenvalue weighted by atomic mass is 14.8. The van der Waals surface area contributed by atoms with Crippen molar-refractivity contribution < 1.29 is 0 Å². The molecule has 0 fully saturated rings. The third kappa shape index (κ3) is 2.33. The Morgan fingerprint density at radius 2 is 1.63 bits per heavy atom. The summed E-state index contributed by atoms with van der Waals surface area (Å²) in [6, 6.07) is 19.6. The van der Waals surface area contributed by atoms with E-state index in [1.807, 2.05) is 0 Å². The molecular formula is C18H19N. The quantitative estimate of drug-likeness (QED) is 0.746. The molecule has 0 aromatic heterocycles. The van der Waals surface area contributed by atoms with Crippen LogP contribution in [0.5, 0.6) is 0 Å². The molecule has 2 aromatic carbocycles. The van der Waals surface area contributed by atoms with Gasteiger partial charge in [0, 0.05) is 5.71 Å². The highest BCUT2D eigenvalue weighted by Crippen LogP contribution is 2.31. The topological polar surface area (TPSA) is 12.4 Å². The van der Waals surface area contributed by atoms with Crippen LogP contribution in [0.3, 0.4) is 0 Å². The lowest BCUT2D eigenvalue weighted by Crippen LogP contribution is -2.20. The molecule has 0 spiro atoms. The van der Waals surface area contributed by atoms with Crippen molar-refractivity contribution in [1.29, 1.82) is 0 Å². The first-order chi connectivity index (χ1) is 9.25. The highest BCUT2D eigenvalue weighted by Gasteiger charge is 2.23. The number of aliphatic imine (C=N–C) groups is 1. The zero-order valence-electron chi connectivity index (χ0n) is 11.5. The van der Waals surface area contributed by atoms with Gasteiger partial charge in [-0.15, -0.1) is 0 Å². The zero-order valence-corrected chi connectivity index (χ0v) is 11.5. The fourth-order valence-electron chi connectivity index (χ4n) is 2.77. The summed E-state index contributed by atoms with van der Waals surface area (Å²) in [4.78, 5) is 5.01. The molecule has 0 aliphatic carbocycles. The van der Waals surface area contributed by atoms with Gasteiger partial charge < -0.3 is 0 Å². The van der Waals surface area contributed by atoms with Gasteiger partial charge in [0.2, 0.25) is 0 Å². The lowest BCUT2D eigenvalue weighted by atomic mass is 9.87. The molecule has 1 aliphatic heterocycles. The average molecular weight is 249 g/mol. The molecule has 0 saturated carbocycles. The SMILES string of the molecule is CC(C)C1=NC(c2ccccc2)Cc2ccccc21. The first-order valence-electron chi connectivity index (χ1n) is 6.96. The van der Waals surface area contributed by atoms with E-state index < -0.39 is 0 Å². The van der Waals surface area contributed by atoms with Gasteiger partial charge in [0.15, 0.2) is 0 Å². The molecule has 0 saturated heterocycles. The van der Waals surface area contributed by atoms with Crippen LogP contribution in [0.4, 0.5) is 0 Å². The molecule has 1 heteroatoms. The van der Waals surface area contributed by atoms with E-state index in [0.29, 0.717) is 5.92 Å². The van der Waals surface area contributed by atoms with Crippen LogP contribution in [0.25, 0.3) is 0 Å². The molecule has 3 rings (SSSR count). The van der Waals surface area contributed by atoms with Gasteiger partial charge >= 0.3 is 0 Å². The highest BCUT2D eigenvalue weighted by molar-refractivity contribution is 6.04. The summed E-state index contributed by atoms with van der Waals surface area (Å²) in [6.07, 6.45) is 1.01. The van der Waals surface area contributed by atoms with Crippen molar-refractivity contribution in [3.8, 4) is 0 Å². The number of fused-ring (bicyclic) bond motifs is 1. The van der Waals surface area contributed by atoms with Gasteiger partial charge in [-0.3, -0.25) is 4.99 Å². The standard InChI is InChI=1S/C18H19N/c1-13(2)18-16-11-7-6-10-15(16)12-17(19-18)14-8-4-3-5-9-14/h3-11,13,17H,12H2,1-2H3. The maximum Gasteiger partial charge on any atom is 0.0793 e. The van der Waals surface area contributed by atoms with Crippen LogP contribution in [0.1, 0.15) is 36.6 Å². The zero-order chi connectivity index (χ0) is 13.2. The number of nitrogens with zero attached hydrogens (tertiary/aromatic N) is 1. The van der Waals surface area contributed by atoms with Gasteiger partial charge in [0.1, 0.15) is 0 Å². The summed E-state index contributed by atoms with van der Waals surface area (Å²) < 4.78 is 0. The van der Waals surface area contributed by atoms with E-state index in [1.54, 1.807) is 0 Å². The van der Waals surface area contributed by atoms with Crippen LogP contribution in [-0.4, -0.2) is 5.71 Å². The van der Waals surface area contributed by atoms with Crippen molar-refractivity contribution in [2.45, 2.75) is 26.3 Å². The van der Waals surface area contributed by atoms with Crippen molar-refractivity contribution in [3.63, 3.8) is 0 Å².